The number of hydrogen-bond donors (Lipinski definition) is 2. The Labute approximate surface area is 95.6 Å². The molecule has 0 saturated carbocycles. The van der Waals surface area contributed by atoms with Crippen molar-refractivity contribution in [1.29, 1.82) is 0 Å². The summed E-state index contributed by atoms with van der Waals surface area (Å²) in [5, 5.41) is 18.5. The second kappa shape index (κ2) is 4.53. The first-order chi connectivity index (χ1) is 6.99. The Balaban J connectivity index is 3.37. The maximum atomic E-state index is 10.8. The molecule has 0 aliphatic rings. The molecule has 82 valence electrons. The van der Waals surface area contributed by atoms with E-state index in [9.17, 15) is 9.90 Å². The molecule has 4 nitrogen and oxygen atoms in total. The summed E-state index contributed by atoms with van der Waals surface area (Å²) in [4.78, 5) is 10.8. The minimum absolute atomic E-state index is 0.0787. The van der Waals surface area contributed by atoms with E-state index in [1.54, 1.807) is 6.07 Å². The molecule has 0 radical (unpaired) electrons. The van der Waals surface area contributed by atoms with Gasteiger partial charge in [-0.2, -0.15) is 0 Å². The van der Waals surface area contributed by atoms with Gasteiger partial charge in [0.05, 0.1) is 23.1 Å². The highest BCUT2D eigenvalue weighted by atomic mass is 79.9. The smallest absolute Gasteiger partial charge is 0.310 e. The number of rotatable bonds is 3. The summed E-state index contributed by atoms with van der Waals surface area (Å²) in [5.74, 6) is -1.56. The molecule has 0 bridgehead atoms. The van der Waals surface area contributed by atoms with Crippen LogP contribution in [-0.2, 0) is 4.79 Å². The molecule has 1 atom stereocenters. The van der Waals surface area contributed by atoms with Gasteiger partial charge in [-0.05, 0) is 35.0 Å². The van der Waals surface area contributed by atoms with Gasteiger partial charge in [0.25, 0.3) is 0 Å². The molecule has 1 rings (SSSR count). The Morgan fingerprint density at radius 1 is 1.53 bits per heavy atom. The van der Waals surface area contributed by atoms with Crippen molar-refractivity contribution in [3.8, 4) is 11.5 Å². The molecule has 1 aromatic rings. The fraction of sp³-hybridized carbons (Fsp3) is 0.300. The maximum absolute atomic E-state index is 10.8. The summed E-state index contributed by atoms with van der Waals surface area (Å²) < 4.78 is 5.67. The van der Waals surface area contributed by atoms with Crippen molar-refractivity contribution in [1.82, 2.24) is 0 Å². The fourth-order valence-electron chi connectivity index (χ4n) is 1.31. The lowest BCUT2D eigenvalue weighted by molar-refractivity contribution is -0.138. The van der Waals surface area contributed by atoms with Crippen molar-refractivity contribution in [3.05, 3.63) is 22.2 Å². The monoisotopic (exact) mass is 274 g/mol. The number of phenols is 1. The zero-order valence-electron chi connectivity index (χ0n) is 8.32. The summed E-state index contributed by atoms with van der Waals surface area (Å²) >= 11 is 3.23. The van der Waals surface area contributed by atoms with E-state index in [2.05, 4.69) is 15.9 Å². The fourth-order valence-corrected chi connectivity index (χ4v) is 1.82. The van der Waals surface area contributed by atoms with E-state index in [0.29, 0.717) is 10.2 Å². The third kappa shape index (κ3) is 2.23. The Morgan fingerprint density at radius 3 is 2.60 bits per heavy atom. The Morgan fingerprint density at radius 2 is 2.13 bits per heavy atom. The summed E-state index contributed by atoms with van der Waals surface area (Å²) in [6.07, 6.45) is 0. The number of ether oxygens (including phenoxy) is 1. The molecular weight excluding hydrogens is 264 g/mol. The first-order valence-electron chi connectivity index (χ1n) is 4.27. The van der Waals surface area contributed by atoms with Gasteiger partial charge in [0.2, 0.25) is 0 Å². The van der Waals surface area contributed by atoms with Crippen LogP contribution in [0.1, 0.15) is 18.4 Å². The molecule has 0 aliphatic carbocycles. The van der Waals surface area contributed by atoms with Crippen molar-refractivity contribution in [2.75, 3.05) is 7.11 Å². The Kier molecular flexibility index (Phi) is 3.57. The second-order valence-electron chi connectivity index (χ2n) is 3.07. The normalized spacial score (nSPS) is 12.2. The topological polar surface area (TPSA) is 66.8 Å². The highest BCUT2D eigenvalue weighted by Gasteiger charge is 2.23. The third-order valence-electron chi connectivity index (χ3n) is 2.13. The standard InChI is InChI=1S/C10H11BrO4/c1-5(10(13)14)8-7(12)4-3-6(11)9(8)15-2/h3-5,12H,1-2H3,(H,13,14). The van der Waals surface area contributed by atoms with E-state index in [1.807, 2.05) is 0 Å². The first-order valence-corrected chi connectivity index (χ1v) is 5.06. The molecule has 2 N–H and O–H groups in total. The minimum Gasteiger partial charge on any atom is -0.508 e. The molecule has 0 heterocycles. The van der Waals surface area contributed by atoms with E-state index < -0.39 is 11.9 Å². The summed E-state index contributed by atoms with van der Waals surface area (Å²) in [5.41, 5.74) is 0.277. The highest BCUT2D eigenvalue weighted by Crippen LogP contribution is 2.39. The van der Waals surface area contributed by atoms with Crippen LogP contribution in [-0.4, -0.2) is 23.3 Å². The zero-order chi connectivity index (χ0) is 11.6. The van der Waals surface area contributed by atoms with Crippen LogP contribution in [0.2, 0.25) is 0 Å². The number of phenolic OH excluding ortho intramolecular Hbond substituents is 1. The van der Waals surface area contributed by atoms with Crippen molar-refractivity contribution in [2.24, 2.45) is 0 Å². The van der Waals surface area contributed by atoms with Crippen LogP contribution in [0.15, 0.2) is 16.6 Å². The van der Waals surface area contributed by atoms with Gasteiger partial charge in [-0.1, -0.05) is 0 Å². The quantitative estimate of drug-likeness (QED) is 0.888. The molecule has 0 aliphatic heterocycles. The number of carboxylic acids is 1. The molecule has 0 aromatic heterocycles. The molecule has 1 unspecified atom stereocenters. The summed E-state index contributed by atoms with van der Waals surface area (Å²) in [6.45, 7) is 1.49. The van der Waals surface area contributed by atoms with Gasteiger partial charge >= 0.3 is 5.97 Å². The minimum atomic E-state index is -1.01. The van der Waals surface area contributed by atoms with Gasteiger partial charge < -0.3 is 14.9 Å². The number of hydrogen-bond acceptors (Lipinski definition) is 3. The largest absolute Gasteiger partial charge is 0.508 e. The van der Waals surface area contributed by atoms with Crippen LogP contribution < -0.4 is 4.74 Å². The number of aromatic hydroxyl groups is 1. The Bertz CT molecular complexity index is 389. The number of carbonyl (C=O) groups is 1. The number of benzene rings is 1. The van der Waals surface area contributed by atoms with Crippen LogP contribution in [0.25, 0.3) is 0 Å². The van der Waals surface area contributed by atoms with E-state index >= 15 is 0 Å². The van der Waals surface area contributed by atoms with E-state index in [4.69, 9.17) is 9.84 Å². The summed E-state index contributed by atoms with van der Waals surface area (Å²) in [7, 11) is 1.43. The Hall–Kier alpha value is -1.23. The lowest BCUT2D eigenvalue weighted by atomic mass is 9.99. The average Bonchev–Trinajstić information content (AvgIpc) is 2.19. The van der Waals surface area contributed by atoms with Crippen molar-refractivity contribution >= 4 is 21.9 Å². The molecule has 0 fully saturated rings. The SMILES string of the molecule is COc1c(Br)ccc(O)c1C(C)C(=O)O. The van der Waals surface area contributed by atoms with E-state index in [-0.39, 0.29) is 11.3 Å². The number of carboxylic acid groups (broad SMARTS) is 1. The first kappa shape index (κ1) is 11.8. The molecule has 0 spiro atoms. The van der Waals surface area contributed by atoms with Gasteiger partial charge in [-0.3, -0.25) is 4.79 Å². The van der Waals surface area contributed by atoms with Gasteiger partial charge in [0.1, 0.15) is 11.5 Å². The van der Waals surface area contributed by atoms with Crippen molar-refractivity contribution < 1.29 is 19.7 Å². The molecule has 1 aromatic carbocycles. The average molecular weight is 275 g/mol. The van der Waals surface area contributed by atoms with Crippen LogP contribution in [0.5, 0.6) is 11.5 Å². The molecule has 15 heavy (non-hydrogen) atoms. The molecule has 5 heteroatoms. The number of halogens is 1. The molecular formula is C10H11BrO4. The van der Waals surface area contributed by atoms with Crippen LogP contribution in [0, 0.1) is 0 Å². The van der Waals surface area contributed by atoms with Gasteiger partial charge in [-0.15, -0.1) is 0 Å². The van der Waals surface area contributed by atoms with Crippen molar-refractivity contribution in [3.63, 3.8) is 0 Å². The number of methoxy groups -OCH3 is 1. The van der Waals surface area contributed by atoms with E-state index in [1.165, 1.54) is 20.1 Å². The van der Waals surface area contributed by atoms with Crippen LogP contribution in [0.3, 0.4) is 0 Å². The number of aliphatic carboxylic acids is 1. The van der Waals surface area contributed by atoms with E-state index in [0.717, 1.165) is 0 Å². The second-order valence-corrected chi connectivity index (χ2v) is 3.93. The maximum Gasteiger partial charge on any atom is 0.310 e. The van der Waals surface area contributed by atoms with Crippen molar-refractivity contribution in [2.45, 2.75) is 12.8 Å². The lowest BCUT2D eigenvalue weighted by Gasteiger charge is -2.15. The van der Waals surface area contributed by atoms with Gasteiger partial charge in [0.15, 0.2) is 0 Å². The van der Waals surface area contributed by atoms with Crippen LogP contribution >= 0.6 is 15.9 Å². The lowest BCUT2D eigenvalue weighted by Crippen LogP contribution is -2.09. The third-order valence-corrected chi connectivity index (χ3v) is 2.76. The zero-order valence-corrected chi connectivity index (χ0v) is 9.91. The summed E-state index contributed by atoms with van der Waals surface area (Å²) in [6, 6.07) is 3.04. The molecule has 0 amide bonds. The predicted octanol–water partition coefficient (Wildman–Crippen LogP) is 2.35. The highest BCUT2D eigenvalue weighted by molar-refractivity contribution is 9.10. The molecule has 0 saturated heterocycles. The van der Waals surface area contributed by atoms with Gasteiger partial charge in [0, 0.05) is 0 Å². The van der Waals surface area contributed by atoms with Gasteiger partial charge in [-0.25, -0.2) is 0 Å². The van der Waals surface area contributed by atoms with Crippen LogP contribution in [0.4, 0.5) is 0 Å². The predicted molar refractivity (Wildman–Crippen MR) is 58.4 cm³/mol.